The molecule has 172 valence electrons. The van der Waals surface area contributed by atoms with Crippen LogP contribution in [0, 0.1) is 6.92 Å². The van der Waals surface area contributed by atoms with Crippen LogP contribution in [0.4, 0.5) is 0 Å². The molecule has 0 saturated carbocycles. The lowest BCUT2D eigenvalue weighted by Gasteiger charge is -2.31. The van der Waals surface area contributed by atoms with Crippen molar-refractivity contribution < 1.29 is 28.0 Å². The van der Waals surface area contributed by atoms with Gasteiger partial charge in [-0.05, 0) is 36.8 Å². The Kier molecular flexibility index (Phi) is 7.88. The maximum Gasteiger partial charge on any atom is 0.295 e. The van der Waals surface area contributed by atoms with E-state index in [0.29, 0.717) is 36.2 Å². The van der Waals surface area contributed by atoms with Gasteiger partial charge in [-0.2, -0.15) is 9.41 Å². The summed E-state index contributed by atoms with van der Waals surface area (Å²) < 4.78 is 32.4. The number of carbonyl (C=O) groups excluding carboxylic acids is 1. The maximum atomic E-state index is 12.8. The van der Waals surface area contributed by atoms with Crippen molar-refractivity contribution in [3.8, 4) is 11.5 Å². The molecule has 0 spiro atoms. The van der Waals surface area contributed by atoms with Crippen molar-refractivity contribution in [3.63, 3.8) is 0 Å². The SMILES string of the molecule is COc1cc(C=NNC(=O)C[NH+]2CCN(S(=O)(=O)c3ccc(C)cc3)CC2)cc(Br)c1[O-]. The van der Waals surface area contributed by atoms with E-state index in [1.54, 1.807) is 30.3 Å². The van der Waals surface area contributed by atoms with Crippen molar-refractivity contribution in [2.75, 3.05) is 39.8 Å². The molecule has 1 saturated heterocycles. The molecular formula is C21H25BrN4O5S. The number of halogens is 1. The minimum absolute atomic E-state index is 0.176. The zero-order valence-electron chi connectivity index (χ0n) is 17.8. The highest BCUT2D eigenvalue weighted by Crippen LogP contribution is 2.32. The van der Waals surface area contributed by atoms with Crippen LogP contribution >= 0.6 is 15.9 Å². The van der Waals surface area contributed by atoms with Crippen LogP contribution in [0.5, 0.6) is 11.5 Å². The molecule has 1 fully saturated rings. The van der Waals surface area contributed by atoms with Gasteiger partial charge in [0.15, 0.2) is 6.54 Å². The van der Waals surface area contributed by atoms with Crippen molar-refractivity contribution in [2.24, 2.45) is 5.10 Å². The molecule has 2 aromatic rings. The number of hydrogen-bond acceptors (Lipinski definition) is 6. The third kappa shape index (κ3) is 5.85. The first kappa shape index (κ1) is 24.2. The van der Waals surface area contributed by atoms with Gasteiger partial charge in [-0.25, -0.2) is 13.8 Å². The topological polar surface area (TPSA) is 116 Å². The van der Waals surface area contributed by atoms with Crippen LogP contribution < -0.4 is 20.2 Å². The molecule has 1 amide bonds. The normalized spacial score (nSPS) is 15.7. The first-order chi connectivity index (χ1) is 15.2. The molecule has 1 aliphatic heterocycles. The first-order valence-corrected chi connectivity index (χ1v) is 12.2. The van der Waals surface area contributed by atoms with Crippen LogP contribution in [-0.2, 0) is 14.8 Å². The highest BCUT2D eigenvalue weighted by molar-refractivity contribution is 9.10. The van der Waals surface area contributed by atoms with E-state index in [0.717, 1.165) is 10.5 Å². The maximum absolute atomic E-state index is 12.8. The molecule has 0 bridgehead atoms. The van der Waals surface area contributed by atoms with Gasteiger partial charge in [-0.15, -0.1) is 0 Å². The number of quaternary nitrogens is 1. The molecule has 0 aliphatic carbocycles. The molecule has 2 aromatic carbocycles. The predicted molar refractivity (Wildman–Crippen MR) is 121 cm³/mol. The number of carbonyl (C=O) groups is 1. The van der Waals surface area contributed by atoms with E-state index in [9.17, 15) is 18.3 Å². The van der Waals surface area contributed by atoms with Crippen LogP contribution in [-0.4, -0.2) is 64.7 Å². The van der Waals surface area contributed by atoms with Crippen LogP contribution in [0.15, 0.2) is 50.9 Å². The molecule has 1 aliphatic rings. The number of sulfonamides is 1. The van der Waals surface area contributed by atoms with Gasteiger partial charge in [0.05, 0.1) is 44.4 Å². The van der Waals surface area contributed by atoms with Crippen LogP contribution in [0.2, 0.25) is 0 Å². The average molecular weight is 525 g/mol. The van der Waals surface area contributed by atoms with Gasteiger partial charge in [0.1, 0.15) is 5.75 Å². The van der Waals surface area contributed by atoms with E-state index >= 15 is 0 Å². The number of nitrogens with one attached hydrogen (secondary N) is 2. The minimum Gasteiger partial charge on any atom is -0.869 e. The molecule has 1 heterocycles. The Morgan fingerprint density at radius 2 is 1.94 bits per heavy atom. The lowest BCUT2D eigenvalue weighted by atomic mass is 10.2. The Morgan fingerprint density at radius 1 is 1.28 bits per heavy atom. The number of amides is 1. The second-order valence-corrected chi connectivity index (χ2v) is 10.3. The summed E-state index contributed by atoms with van der Waals surface area (Å²) in [6.07, 6.45) is 1.42. The number of hydrazone groups is 1. The number of piperazine rings is 1. The fourth-order valence-electron chi connectivity index (χ4n) is 3.34. The van der Waals surface area contributed by atoms with Crippen LogP contribution in [0.3, 0.4) is 0 Å². The monoisotopic (exact) mass is 524 g/mol. The number of nitrogens with zero attached hydrogens (tertiary/aromatic N) is 2. The summed E-state index contributed by atoms with van der Waals surface area (Å²) in [7, 11) is -2.13. The Labute approximate surface area is 195 Å². The molecule has 0 unspecified atom stereocenters. The molecule has 0 radical (unpaired) electrons. The number of benzene rings is 2. The van der Waals surface area contributed by atoms with Crippen LogP contribution in [0.1, 0.15) is 11.1 Å². The van der Waals surface area contributed by atoms with Gasteiger partial charge >= 0.3 is 0 Å². The van der Waals surface area contributed by atoms with E-state index in [2.05, 4.69) is 26.5 Å². The Hall–Kier alpha value is -2.47. The summed E-state index contributed by atoms with van der Waals surface area (Å²) in [6.45, 7) is 3.83. The molecule has 32 heavy (non-hydrogen) atoms. The second kappa shape index (κ2) is 10.4. The Balaban J connectivity index is 1.50. The third-order valence-corrected chi connectivity index (χ3v) is 7.66. The van der Waals surface area contributed by atoms with E-state index < -0.39 is 10.0 Å². The summed E-state index contributed by atoms with van der Waals surface area (Å²) in [6, 6.07) is 9.91. The Bertz CT molecular complexity index is 1100. The van der Waals surface area contributed by atoms with E-state index in [-0.39, 0.29) is 28.8 Å². The van der Waals surface area contributed by atoms with Crippen LogP contribution in [0.25, 0.3) is 0 Å². The summed E-state index contributed by atoms with van der Waals surface area (Å²) in [5, 5.41) is 15.7. The zero-order chi connectivity index (χ0) is 23.3. The minimum atomic E-state index is -3.53. The van der Waals surface area contributed by atoms with Crippen molar-refractivity contribution in [3.05, 3.63) is 52.0 Å². The standard InChI is InChI=1S/C21H25BrN4O5S/c1-15-3-5-17(6-4-15)32(29,30)26-9-7-25(8-10-26)14-20(27)24-23-13-16-11-18(22)21(28)19(12-16)31-2/h3-6,11-13,28H,7-10,14H2,1-2H3,(H,24,27). The quantitative estimate of drug-likeness (QED) is 0.387. The summed E-state index contributed by atoms with van der Waals surface area (Å²) in [5.74, 6) is -0.367. The summed E-state index contributed by atoms with van der Waals surface area (Å²) >= 11 is 3.17. The molecule has 11 heteroatoms. The fourth-order valence-corrected chi connectivity index (χ4v) is 5.24. The van der Waals surface area contributed by atoms with Crippen molar-refractivity contribution in [2.45, 2.75) is 11.8 Å². The van der Waals surface area contributed by atoms with Gasteiger partial charge < -0.3 is 14.7 Å². The fraction of sp³-hybridized carbons (Fsp3) is 0.333. The number of methoxy groups -OCH3 is 1. The summed E-state index contributed by atoms with van der Waals surface area (Å²) in [5.41, 5.74) is 4.06. The molecule has 0 aromatic heterocycles. The van der Waals surface area contributed by atoms with Crippen molar-refractivity contribution in [1.82, 2.24) is 9.73 Å². The predicted octanol–water partition coefficient (Wildman–Crippen LogP) is -0.121. The largest absolute Gasteiger partial charge is 0.869 e. The first-order valence-electron chi connectivity index (χ1n) is 9.97. The van der Waals surface area contributed by atoms with Gasteiger partial charge in [-0.3, -0.25) is 4.79 Å². The van der Waals surface area contributed by atoms with Gasteiger partial charge in [-0.1, -0.05) is 39.4 Å². The van der Waals surface area contributed by atoms with E-state index in [1.165, 1.54) is 23.7 Å². The van der Waals surface area contributed by atoms with Gasteiger partial charge in [0.25, 0.3) is 5.91 Å². The van der Waals surface area contributed by atoms with Crippen molar-refractivity contribution in [1.29, 1.82) is 0 Å². The molecule has 9 nitrogen and oxygen atoms in total. The van der Waals surface area contributed by atoms with E-state index in [4.69, 9.17) is 4.74 Å². The smallest absolute Gasteiger partial charge is 0.295 e. The summed E-state index contributed by atoms with van der Waals surface area (Å²) in [4.78, 5) is 13.5. The number of rotatable bonds is 7. The van der Waals surface area contributed by atoms with Gasteiger partial charge in [0.2, 0.25) is 10.0 Å². The molecule has 0 atom stereocenters. The van der Waals surface area contributed by atoms with Crippen molar-refractivity contribution >= 4 is 38.1 Å². The third-order valence-electron chi connectivity index (χ3n) is 5.15. The highest BCUT2D eigenvalue weighted by atomic mass is 79.9. The molecular weight excluding hydrogens is 500 g/mol. The highest BCUT2D eigenvalue weighted by Gasteiger charge is 2.31. The number of ether oxygens (including phenoxy) is 1. The van der Waals surface area contributed by atoms with E-state index in [1.807, 2.05) is 6.92 Å². The number of aryl methyl sites for hydroxylation is 1. The lowest BCUT2D eigenvalue weighted by molar-refractivity contribution is -0.895. The zero-order valence-corrected chi connectivity index (χ0v) is 20.2. The number of hydrogen-bond donors (Lipinski definition) is 2. The lowest BCUT2D eigenvalue weighted by Crippen LogP contribution is -3.15. The van der Waals surface area contributed by atoms with Gasteiger partial charge in [0, 0.05) is 4.47 Å². The second-order valence-electron chi connectivity index (χ2n) is 7.47. The molecule has 2 N–H and O–H groups in total. The molecule has 3 rings (SSSR count). The Morgan fingerprint density at radius 3 is 2.56 bits per heavy atom. The average Bonchev–Trinajstić information content (AvgIpc) is 2.76.